The Balaban J connectivity index is 0.000000332. The fraction of sp³-hybridized carbons (Fsp3) is 0. The maximum absolute atomic E-state index is 10.1. The number of phosphoric acid groups is 1. The van der Waals surface area contributed by atoms with E-state index in [9.17, 15) is 15.0 Å². The number of nitrogens with zero attached hydrogens (tertiary/aromatic N) is 2. The van der Waals surface area contributed by atoms with Gasteiger partial charge in [0, 0.05) is 24.3 Å². The van der Waals surface area contributed by atoms with Gasteiger partial charge in [-0.15, -0.1) is 0 Å². The van der Waals surface area contributed by atoms with Gasteiger partial charge < -0.3 is 14.7 Å². The molecular weight excluding hydrogens is 331 g/mol. The van der Waals surface area contributed by atoms with Crippen molar-refractivity contribution in [3.63, 3.8) is 0 Å². The third-order valence-electron chi connectivity index (χ3n) is 1.94. The number of hydrogen-bond acceptors (Lipinski definition) is 4. The van der Waals surface area contributed by atoms with E-state index in [1.54, 1.807) is 36.4 Å². The summed E-state index contributed by atoms with van der Waals surface area (Å²) in [5.41, 5.74) is 0.384. The molecule has 0 saturated heterocycles. The third kappa shape index (κ3) is 12.8. The summed E-state index contributed by atoms with van der Waals surface area (Å²) in [5, 5.41) is 18.3. The second-order valence-electron chi connectivity index (χ2n) is 3.71. The van der Waals surface area contributed by atoms with Gasteiger partial charge in [0.1, 0.15) is 0 Å². The normalized spacial score (nSPS) is 9.52. The van der Waals surface area contributed by atoms with E-state index in [1.165, 1.54) is 24.3 Å². The molecule has 0 radical (unpaired) electrons. The molecule has 0 aliphatic carbocycles. The first-order valence-corrected chi connectivity index (χ1v) is 7.36. The summed E-state index contributed by atoms with van der Waals surface area (Å²) in [7, 11) is -4.64. The van der Waals surface area contributed by atoms with Gasteiger partial charge in [0.05, 0.1) is 9.83 Å². The summed E-state index contributed by atoms with van der Waals surface area (Å²) in [6.07, 6.45) is 0. The van der Waals surface area contributed by atoms with Gasteiger partial charge >= 0.3 is 13.5 Å². The Hall–Kier alpha value is -2.65. The number of nitro benzene ring substituents is 1. The molecule has 0 aliphatic heterocycles. The lowest BCUT2D eigenvalue weighted by atomic mass is 10.3. The molecule has 124 valence electrons. The first-order chi connectivity index (χ1) is 10.6. The summed E-state index contributed by atoms with van der Waals surface area (Å²) in [6, 6.07) is 16.1. The lowest BCUT2D eigenvalue weighted by Crippen LogP contribution is -1.89. The van der Waals surface area contributed by atoms with Gasteiger partial charge in [0.25, 0.3) is 10.6 Å². The highest BCUT2D eigenvalue weighted by atomic mass is 31.2. The lowest BCUT2D eigenvalue weighted by molar-refractivity contribution is -0.729. The molecule has 23 heavy (non-hydrogen) atoms. The number of para-hydroxylation sites is 2. The van der Waals surface area contributed by atoms with E-state index in [1.807, 2.05) is 0 Å². The van der Waals surface area contributed by atoms with Crippen LogP contribution in [0.3, 0.4) is 0 Å². The second-order valence-corrected chi connectivity index (χ2v) is 4.74. The van der Waals surface area contributed by atoms with E-state index in [2.05, 4.69) is 0 Å². The molecule has 2 aromatic rings. The first-order valence-electron chi connectivity index (χ1n) is 5.80. The Labute approximate surface area is 130 Å². The number of non-ortho nitro benzene ring substituents is 1. The smallest absolute Gasteiger partial charge is 0.303 e. The summed E-state index contributed by atoms with van der Waals surface area (Å²) in [4.78, 5) is 41.1. The van der Waals surface area contributed by atoms with E-state index in [0.29, 0.717) is 0 Å². The van der Waals surface area contributed by atoms with Crippen LogP contribution in [0.4, 0.5) is 11.4 Å². The highest BCUT2D eigenvalue weighted by Gasteiger charge is 2.06. The van der Waals surface area contributed by atoms with Crippen LogP contribution in [0.2, 0.25) is 0 Å². The largest absolute Gasteiger partial charge is 0.466 e. The van der Waals surface area contributed by atoms with E-state index in [4.69, 9.17) is 24.5 Å². The minimum Gasteiger partial charge on any atom is -0.303 e. The highest BCUT2D eigenvalue weighted by molar-refractivity contribution is 7.45. The Kier molecular flexibility index (Phi) is 8.97. The van der Waals surface area contributed by atoms with Crippen molar-refractivity contribution in [1.82, 2.24) is 0 Å². The highest BCUT2D eigenvalue weighted by Crippen LogP contribution is 2.25. The average molecular weight is 345 g/mol. The average Bonchev–Trinajstić information content (AvgIpc) is 2.48. The molecule has 4 N–H and O–H groups in total. The molecule has 2 rings (SSSR count). The SMILES string of the molecule is O=P(O)(O)O.O=[N+](O)c1ccccc1.O=[N+]([O-])c1ccccc1. The molecule has 0 unspecified atom stereocenters. The molecular formula is C12H14N2O8P+. The molecule has 0 fully saturated rings. The van der Waals surface area contributed by atoms with Crippen molar-refractivity contribution < 1.29 is 34.3 Å². The van der Waals surface area contributed by atoms with Crippen molar-refractivity contribution in [1.29, 1.82) is 0 Å². The molecule has 11 heteroatoms. The van der Waals surface area contributed by atoms with Crippen molar-refractivity contribution in [3.8, 4) is 0 Å². The molecule has 0 atom stereocenters. The minimum atomic E-state index is -4.64. The molecule has 0 saturated carbocycles. The van der Waals surface area contributed by atoms with Crippen LogP contribution in [0.25, 0.3) is 0 Å². The molecule has 0 aliphatic rings. The third-order valence-corrected chi connectivity index (χ3v) is 1.94. The Morgan fingerprint density at radius 1 is 0.783 bits per heavy atom. The summed E-state index contributed by atoms with van der Waals surface area (Å²) >= 11 is 0. The molecule has 0 amide bonds. The minimum absolute atomic E-state index is 0.137. The van der Waals surface area contributed by atoms with Crippen molar-refractivity contribution in [2.75, 3.05) is 0 Å². The van der Waals surface area contributed by atoms with E-state index >= 15 is 0 Å². The zero-order valence-corrected chi connectivity index (χ0v) is 12.4. The van der Waals surface area contributed by atoms with E-state index in [0.717, 1.165) is 0 Å². The van der Waals surface area contributed by atoms with Crippen molar-refractivity contribution >= 4 is 19.2 Å². The Morgan fingerprint density at radius 2 is 1.09 bits per heavy atom. The van der Waals surface area contributed by atoms with Gasteiger partial charge in [-0.1, -0.05) is 36.4 Å². The molecule has 0 bridgehead atoms. The van der Waals surface area contributed by atoms with Gasteiger partial charge in [-0.2, -0.15) is 0 Å². The van der Waals surface area contributed by atoms with Crippen LogP contribution in [-0.2, 0) is 4.57 Å². The predicted molar refractivity (Wildman–Crippen MR) is 78.9 cm³/mol. The van der Waals surface area contributed by atoms with Gasteiger partial charge in [-0.3, -0.25) is 10.1 Å². The van der Waals surface area contributed by atoms with Gasteiger partial charge in [0.15, 0.2) is 0 Å². The van der Waals surface area contributed by atoms with Crippen LogP contribution in [-0.4, -0.2) is 29.7 Å². The van der Waals surface area contributed by atoms with Crippen molar-refractivity contribution in [2.24, 2.45) is 0 Å². The molecule has 2 aromatic carbocycles. The maximum atomic E-state index is 10.1. The fourth-order valence-electron chi connectivity index (χ4n) is 1.11. The van der Waals surface area contributed by atoms with Crippen LogP contribution in [0.15, 0.2) is 60.7 Å². The molecule has 0 heterocycles. The van der Waals surface area contributed by atoms with E-state index < -0.39 is 12.7 Å². The van der Waals surface area contributed by atoms with Crippen molar-refractivity contribution in [2.45, 2.75) is 0 Å². The molecule has 0 spiro atoms. The summed E-state index contributed by atoms with van der Waals surface area (Å²) < 4.78 is 8.88. The standard InChI is InChI=1S/C6H6NO2.C6H5NO2.H3O4P/c2*8-7(9)6-4-2-1-3-5-6;1-5(2,3)4/h1-5H,(H,8,9);1-5H;(H3,1,2,3,4)/q+1;;. The summed E-state index contributed by atoms with van der Waals surface area (Å²) in [5.74, 6) is 0. The zero-order valence-electron chi connectivity index (χ0n) is 11.5. The second kappa shape index (κ2) is 10.1. The lowest BCUT2D eigenvalue weighted by Gasteiger charge is -1.85. The summed E-state index contributed by atoms with van der Waals surface area (Å²) in [6.45, 7) is 0. The number of hydrogen-bond donors (Lipinski definition) is 4. The zero-order chi connectivity index (χ0) is 17.9. The topological polar surface area (TPSA) is 161 Å². The van der Waals surface area contributed by atoms with Crippen molar-refractivity contribution in [3.05, 3.63) is 75.7 Å². The van der Waals surface area contributed by atoms with Crippen LogP contribution < -0.4 is 0 Å². The number of benzene rings is 2. The number of nitro groups is 1. The Bertz CT molecular complexity index is 602. The quantitative estimate of drug-likeness (QED) is 0.365. The monoisotopic (exact) mass is 345 g/mol. The number of rotatable bonds is 2. The first kappa shape index (κ1) is 20.3. The van der Waals surface area contributed by atoms with Crippen LogP contribution in [0.5, 0.6) is 0 Å². The molecule has 10 nitrogen and oxygen atoms in total. The predicted octanol–water partition coefficient (Wildman–Crippen LogP) is 2.15. The molecule has 0 aromatic heterocycles. The van der Waals surface area contributed by atoms with Crippen LogP contribution in [0.1, 0.15) is 0 Å². The van der Waals surface area contributed by atoms with Gasteiger partial charge in [0.2, 0.25) is 0 Å². The van der Waals surface area contributed by atoms with Crippen LogP contribution in [0, 0.1) is 15.0 Å². The van der Waals surface area contributed by atoms with Gasteiger partial charge in [-0.25, -0.2) is 9.77 Å². The van der Waals surface area contributed by atoms with Gasteiger partial charge in [-0.05, 0) is 0 Å². The fourth-order valence-corrected chi connectivity index (χ4v) is 1.11. The maximum Gasteiger partial charge on any atom is 0.466 e. The van der Waals surface area contributed by atoms with E-state index in [-0.39, 0.29) is 16.3 Å². The van der Waals surface area contributed by atoms with Crippen LogP contribution >= 0.6 is 7.82 Å². The Morgan fingerprint density at radius 3 is 1.26 bits per heavy atom.